The molecule has 1 aromatic heterocycles. The standard InChI is InChI=1S/C19H17Cl2N5O2/c1-3-16-24-18(25-26(16)17-14(20)5-4-6-15(17)21)19(28)23-13-9-7-12(8-10-13)22-11(2)27/h4-10H,3H2,1-2H3,(H,22,27)(H,23,28). The van der Waals surface area contributed by atoms with Gasteiger partial charge in [-0.3, -0.25) is 9.59 Å². The summed E-state index contributed by atoms with van der Waals surface area (Å²) in [6.45, 7) is 3.32. The van der Waals surface area contributed by atoms with Crippen molar-refractivity contribution in [3.63, 3.8) is 0 Å². The minimum absolute atomic E-state index is 0.00114. The van der Waals surface area contributed by atoms with Gasteiger partial charge in [-0.25, -0.2) is 9.67 Å². The molecule has 0 unspecified atom stereocenters. The van der Waals surface area contributed by atoms with Crippen molar-refractivity contribution >= 4 is 46.4 Å². The maximum Gasteiger partial charge on any atom is 0.295 e. The third-order valence-electron chi connectivity index (χ3n) is 3.81. The third kappa shape index (κ3) is 4.32. The minimum Gasteiger partial charge on any atom is -0.326 e. The fourth-order valence-corrected chi connectivity index (χ4v) is 3.12. The Bertz CT molecular complexity index is 1010. The van der Waals surface area contributed by atoms with E-state index in [1.165, 1.54) is 11.6 Å². The highest BCUT2D eigenvalue weighted by Gasteiger charge is 2.19. The highest BCUT2D eigenvalue weighted by Crippen LogP contribution is 2.28. The zero-order valence-corrected chi connectivity index (χ0v) is 16.7. The van der Waals surface area contributed by atoms with Crippen LogP contribution in [0.4, 0.5) is 11.4 Å². The quantitative estimate of drug-likeness (QED) is 0.645. The van der Waals surface area contributed by atoms with Gasteiger partial charge in [0.05, 0.1) is 10.0 Å². The number of hydrogen-bond donors (Lipinski definition) is 2. The first kappa shape index (κ1) is 19.9. The Morgan fingerprint density at radius 3 is 2.11 bits per heavy atom. The van der Waals surface area contributed by atoms with Gasteiger partial charge in [0.1, 0.15) is 11.5 Å². The minimum atomic E-state index is -0.469. The van der Waals surface area contributed by atoms with Gasteiger partial charge in [0, 0.05) is 24.7 Å². The summed E-state index contributed by atoms with van der Waals surface area (Å²) >= 11 is 12.5. The van der Waals surface area contributed by atoms with Gasteiger partial charge in [0.2, 0.25) is 11.7 Å². The molecule has 0 saturated carbocycles. The van der Waals surface area contributed by atoms with Crippen molar-refractivity contribution in [1.29, 1.82) is 0 Å². The van der Waals surface area contributed by atoms with Crippen molar-refractivity contribution < 1.29 is 9.59 Å². The summed E-state index contributed by atoms with van der Waals surface area (Å²) in [5.74, 6) is -0.0827. The van der Waals surface area contributed by atoms with Gasteiger partial charge >= 0.3 is 0 Å². The lowest BCUT2D eigenvalue weighted by Crippen LogP contribution is -2.14. The number of benzene rings is 2. The second-order valence-electron chi connectivity index (χ2n) is 5.90. The molecule has 0 spiro atoms. The Hall–Kier alpha value is -2.90. The van der Waals surface area contributed by atoms with Gasteiger partial charge in [-0.15, -0.1) is 5.10 Å². The van der Waals surface area contributed by atoms with Gasteiger partial charge in [-0.2, -0.15) is 0 Å². The highest BCUT2D eigenvalue weighted by molar-refractivity contribution is 6.37. The number of carbonyl (C=O) groups excluding carboxylic acids is 2. The van der Waals surface area contributed by atoms with Crippen molar-refractivity contribution in [2.24, 2.45) is 0 Å². The maximum atomic E-state index is 12.6. The lowest BCUT2D eigenvalue weighted by molar-refractivity contribution is -0.114. The van der Waals surface area contributed by atoms with Crippen LogP contribution >= 0.6 is 23.2 Å². The Labute approximate surface area is 171 Å². The molecular weight excluding hydrogens is 401 g/mol. The molecule has 0 aliphatic carbocycles. The van der Waals surface area contributed by atoms with Crippen LogP contribution in [0.1, 0.15) is 30.3 Å². The van der Waals surface area contributed by atoms with E-state index in [4.69, 9.17) is 23.2 Å². The van der Waals surface area contributed by atoms with E-state index in [0.29, 0.717) is 39.4 Å². The van der Waals surface area contributed by atoms with Crippen LogP contribution in [0.15, 0.2) is 42.5 Å². The molecule has 7 nitrogen and oxygen atoms in total. The summed E-state index contributed by atoms with van der Waals surface area (Å²) < 4.78 is 1.49. The number of carbonyl (C=O) groups is 2. The summed E-state index contributed by atoms with van der Waals surface area (Å²) in [4.78, 5) is 28.0. The number of anilines is 2. The molecular formula is C19H17Cl2N5O2. The average Bonchev–Trinajstić information content (AvgIpc) is 3.07. The fraction of sp³-hybridized carbons (Fsp3) is 0.158. The number of para-hydroxylation sites is 1. The molecule has 144 valence electrons. The molecule has 0 fully saturated rings. The van der Waals surface area contributed by atoms with Crippen LogP contribution in [0.25, 0.3) is 5.69 Å². The van der Waals surface area contributed by atoms with Crippen LogP contribution in [-0.4, -0.2) is 26.6 Å². The molecule has 0 bridgehead atoms. The van der Waals surface area contributed by atoms with Gasteiger partial charge in [-0.05, 0) is 36.4 Å². The molecule has 0 atom stereocenters. The van der Waals surface area contributed by atoms with Crippen LogP contribution in [0.5, 0.6) is 0 Å². The van der Waals surface area contributed by atoms with E-state index in [1.807, 2.05) is 6.92 Å². The van der Waals surface area contributed by atoms with E-state index in [2.05, 4.69) is 20.7 Å². The smallest absolute Gasteiger partial charge is 0.295 e. The molecule has 0 radical (unpaired) electrons. The molecule has 3 rings (SSSR count). The molecule has 9 heteroatoms. The number of nitrogens with zero attached hydrogens (tertiary/aromatic N) is 3. The van der Waals surface area contributed by atoms with Crippen LogP contribution < -0.4 is 10.6 Å². The summed E-state index contributed by atoms with van der Waals surface area (Å²) in [6, 6.07) is 11.8. The summed E-state index contributed by atoms with van der Waals surface area (Å²) in [5.41, 5.74) is 1.66. The molecule has 1 heterocycles. The summed E-state index contributed by atoms with van der Waals surface area (Å²) in [5, 5.41) is 10.5. The molecule has 0 aliphatic heterocycles. The fourth-order valence-electron chi connectivity index (χ4n) is 2.57. The molecule has 28 heavy (non-hydrogen) atoms. The zero-order chi connectivity index (χ0) is 20.3. The predicted molar refractivity (Wildman–Crippen MR) is 109 cm³/mol. The predicted octanol–water partition coefficient (Wildman–Crippen LogP) is 4.35. The van der Waals surface area contributed by atoms with Gasteiger partial charge < -0.3 is 10.6 Å². The van der Waals surface area contributed by atoms with Gasteiger partial charge in [0.15, 0.2) is 0 Å². The number of nitrogens with one attached hydrogen (secondary N) is 2. The zero-order valence-electron chi connectivity index (χ0n) is 15.2. The van der Waals surface area contributed by atoms with Crippen molar-refractivity contribution in [3.05, 3.63) is 64.2 Å². The lowest BCUT2D eigenvalue weighted by atomic mass is 10.2. The first-order valence-electron chi connectivity index (χ1n) is 8.48. The molecule has 2 aromatic carbocycles. The summed E-state index contributed by atoms with van der Waals surface area (Å²) in [6.07, 6.45) is 0.535. The molecule has 2 N–H and O–H groups in total. The third-order valence-corrected chi connectivity index (χ3v) is 4.42. The normalized spacial score (nSPS) is 10.6. The Morgan fingerprint density at radius 2 is 1.57 bits per heavy atom. The molecule has 0 saturated heterocycles. The molecule has 0 aliphatic rings. The SMILES string of the molecule is CCc1nc(C(=O)Nc2ccc(NC(C)=O)cc2)nn1-c1c(Cl)cccc1Cl. The summed E-state index contributed by atoms with van der Waals surface area (Å²) in [7, 11) is 0. The largest absolute Gasteiger partial charge is 0.326 e. The van der Waals surface area contributed by atoms with Gasteiger partial charge in [-0.1, -0.05) is 36.2 Å². The molecule has 2 amide bonds. The molecule has 3 aromatic rings. The highest BCUT2D eigenvalue weighted by atomic mass is 35.5. The van der Waals surface area contributed by atoms with E-state index in [-0.39, 0.29) is 11.7 Å². The first-order valence-corrected chi connectivity index (χ1v) is 9.24. The van der Waals surface area contributed by atoms with Crippen molar-refractivity contribution in [2.75, 3.05) is 10.6 Å². The van der Waals surface area contributed by atoms with Crippen molar-refractivity contribution in [1.82, 2.24) is 14.8 Å². The Morgan fingerprint density at radius 1 is 1.00 bits per heavy atom. The second-order valence-corrected chi connectivity index (χ2v) is 6.71. The van der Waals surface area contributed by atoms with Crippen LogP contribution in [0.3, 0.4) is 0 Å². The number of aromatic nitrogens is 3. The van der Waals surface area contributed by atoms with Crippen LogP contribution in [-0.2, 0) is 11.2 Å². The number of halogens is 2. The maximum absolute atomic E-state index is 12.6. The monoisotopic (exact) mass is 417 g/mol. The van der Waals surface area contributed by atoms with E-state index < -0.39 is 5.91 Å². The van der Waals surface area contributed by atoms with E-state index in [1.54, 1.807) is 42.5 Å². The van der Waals surface area contributed by atoms with Crippen molar-refractivity contribution in [2.45, 2.75) is 20.3 Å². The number of hydrogen-bond acceptors (Lipinski definition) is 4. The number of aryl methyl sites for hydroxylation is 1. The van der Waals surface area contributed by atoms with Crippen LogP contribution in [0.2, 0.25) is 10.0 Å². The average molecular weight is 418 g/mol. The Balaban J connectivity index is 1.85. The first-order chi connectivity index (χ1) is 13.4. The number of rotatable bonds is 5. The topological polar surface area (TPSA) is 88.9 Å². The van der Waals surface area contributed by atoms with E-state index in [9.17, 15) is 9.59 Å². The van der Waals surface area contributed by atoms with E-state index in [0.717, 1.165) is 0 Å². The number of amides is 2. The van der Waals surface area contributed by atoms with Crippen molar-refractivity contribution in [3.8, 4) is 5.69 Å². The second kappa shape index (κ2) is 8.41. The lowest BCUT2D eigenvalue weighted by Gasteiger charge is -2.08. The van der Waals surface area contributed by atoms with Crippen LogP contribution in [0, 0.1) is 0 Å². The van der Waals surface area contributed by atoms with E-state index >= 15 is 0 Å². The Kier molecular flexibility index (Phi) is 5.96. The van der Waals surface area contributed by atoms with Gasteiger partial charge in [0.25, 0.3) is 5.91 Å².